The minimum atomic E-state index is -4.68. The molecule has 1 aromatic heterocycles. The van der Waals surface area contributed by atoms with Crippen molar-refractivity contribution >= 4 is 17.6 Å². The third kappa shape index (κ3) is 4.56. The summed E-state index contributed by atoms with van der Waals surface area (Å²) < 4.78 is 42.0. The van der Waals surface area contributed by atoms with Crippen molar-refractivity contribution in [2.24, 2.45) is 0 Å². The molecule has 2 aromatic carbocycles. The van der Waals surface area contributed by atoms with Gasteiger partial charge in [0.15, 0.2) is 0 Å². The third-order valence-electron chi connectivity index (χ3n) is 5.11. The number of hydrogen-bond acceptors (Lipinski definition) is 4. The van der Waals surface area contributed by atoms with Gasteiger partial charge in [0.2, 0.25) is 0 Å². The Morgan fingerprint density at radius 3 is 2.25 bits per heavy atom. The molecule has 0 atom stereocenters. The largest absolute Gasteiger partial charge is 0.418 e. The van der Waals surface area contributed by atoms with Crippen LogP contribution in [0, 0.1) is 0 Å². The lowest BCUT2D eigenvalue weighted by Crippen LogP contribution is -2.51. The van der Waals surface area contributed by atoms with E-state index in [1.807, 2.05) is 6.07 Å². The third-order valence-corrected chi connectivity index (χ3v) is 5.11. The highest BCUT2D eigenvalue weighted by Gasteiger charge is 2.35. The second-order valence-electron chi connectivity index (χ2n) is 7.14. The maximum atomic E-state index is 13.6. The molecule has 3 amide bonds. The van der Waals surface area contributed by atoms with Gasteiger partial charge in [0.1, 0.15) is 12.7 Å². The topological polar surface area (TPSA) is 83.4 Å². The highest BCUT2D eigenvalue weighted by Crippen LogP contribution is 2.36. The highest BCUT2D eigenvalue weighted by molar-refractivity contribution is 5.94. The number of nitrogens with zero attached hydrogens (tertiary/aromatic N) is 5. The van der Waals surface area contributed by atoms with Crippen molar-refractivity contribution in [3.8, 4) is 5.69 Å². The Bertz CT molecular complexity index is 1090. The van der Waals surface area contributed by atoms with Gasteiger partial charge >= 0.3 is 12.2 Å². The van der Waals surface area contributed by atoms with E-state index >= 15 is 0 Å². The van der Waals surface area contributed by atoms with Crippen LogP contribution in [0.3, 0.4) is 0 Å². The predicted octanol–water partition coefficient (Wildman–Crippen LogP) is 3.28. The number of rotatable bonds is 3. The molecule has 1 fully saturated rings. The molecule has 0 spiro atoms. The number of aromatic nitrogens is 3. The highest BCUT2D eigenvalue weighted by atomic mass is 19.4. The monoisotopic (exact) mass is 444 g/mol. The maximum absolute atomic E-state index is 13.6. The molecule has 3 aromatic rings. The van der Waals surface area contributed by atoms with Gasteiger partial charge in [-0.1, -0.05) is 18.2 Å². The summed E-state index contributed by atoms with van der Waals surface area (Å²) in [4.78, 5) is 31.9. The number of carbonyl (C=O) groups excluding carboxylic acids is 2. The smallest absolute Gasteiger partial charge is 0.335 e. The van der Waals surface area contributed by atoms with Crippen molar-refractivity contribution in [3.63, 3.8) is 0 Å². The standard InChI is InChI=1S/C21H19F3N6O2/c22-21(23,24)17-12-16(30-14-25-13-26-30)6-7-18(17)27-20(32)29-10-8-28(9-11-29)19(31)15-4-2-1-3-5-15/h1-7,12-14H,8-11H2,(H,27,32). The first-order valence-corrected chi connectivity index (χ1v) is 9.79. The number of halogens is 3. The Kier molecular flexibility index (Phi) is 5.80. The van der Waals surface area contributed by atoms with E-state index in [-0.39, 0.29) is 30.4 Å². The summed E-state index contributed by atoms with van der Waals surface area (Å²) in [5.41, 5.74) is -0.626. The zero-order valence-corrected chi connectivity index (χ0v) is 16.8. The number of nitrogens with one attached hydrogen (secondary N) is 1. The quantitative estimate of drug-likeness (QED) is 0.672. The summed E-state index contributed by atoms with van der Waals surface area (Å²) in [6, 6.07) is 11.6. The fourth-order valence-electron chi connectivity index (χ4n) is 3.43. The molecule has 0 bridgehead atoms. The van der Waals surface area contributed by atoms with Crippen LogP contribution in [-0.2, 0) is 6.18 Å². The molecule has 8 nitrogen and oxygen atoms in total. The molecule has 1 aliphatic rings. The summed E-state index contributed by atoms with van der Waals surface area (Å²) in [6.45, 7) is 1.00. The molecular formula is C21H19F3N6O2. The van der Waals surface area contributed by atoms with E-state index in [0.717, 1.165) is 6.07 Å². The molecule has 0 radical (unpaired) electrons. The van der Waals surface area contributed by atoms with Gasteiger partial charge in [0, 0.05) is 31.7 Å². The zero-order valence-electron chi connectivity index (χ0n) is 16.8. The van der Waals surface area contributed by atoms with Gasteiger partial charge in [-0.3, -0.25) is 4.79 Å². The molecule has 11 heteroatoms. The molecule has 1 N–H and O–H groups in total. The van der Waals surface area contributed by atoms with Crippen molar-refractivity contribution in [3.05, 3.63) is 72.3 Å². The Morgan fingerprint density at radius 1 is 0.938 bits per heavy atom. The maximum Gasteiger partial charge on any atom is 0.418 e. The van der Waals surface area contributed by atoms with Gasteiger partial charge < -0.3 is 15.1 Å². The van der Waals surface area contributed by atoms with Crippen LogP contribution in [-0.4, -0.2) is 62.7 Å². The van der Waals surface area contributed by atoms with Crippen LogP contribution in [0.2, 0.25) is 0 Å². The van der Waals surface area contributed by atoms with Gasteiger partial charge in [-0.2, -0.15) is 18.3 Å². The van der Waals surface area contributed by atoms with Crippen LogP contribution in [0.25, 0.3) is 5.69 Å². The average Bonchev–Trinajstić information content (AvgIpc) is 3.34. The van der Waals surface area contributed by atoms with E-state index in [9.17, 15) is 22.8 Å². The first kappa shape index (κ1) is 21.3. The number of alkyl halides is 3. The number of anilines is 1. The molecule has 0 saturated carbocycles. The second-order valence-corrected chi connectivity index (χ2v) is 7.14. The molecule has 2 heterocycles. The summed E-state index contributed by atoms with van der Waals surface area (Å²) in [5.74, 6) is -0.145. The lowest BCUT2D eigenvalue weighted by atomic mass is 10.1. The minimum Gasteiger partial charge on any atom is -0.335 e. The molecule has 32 heavy (non-hydrogen) atoms. The van der Waals surface area contributed by atoms with Crippen LogP contribution in [0.4, 0.5) is 23.7 Å². The number of carbonyl (C=O) groups is 2. The summed E-state index contributed by atoms with van der Waals surface area (Å²) in [6.07, 6.45) is -2.19. The lowest BCUT2D eigenvalue weighted by Gasteiger charge is -2.35. The van der Waals surface area contributed by atoms with Gasteiger partial charge in [-0.15, -0.1) is 0 Å². The van der Waals surface area contributed by atoms with Crippen molar-refractivity contribution in [2.75, 3.05) is 31.5 Å². The Morgan fingerprint density at radius 2 is 1.62 bits per heavy atom. The van der Waals surface area contributed by atoms with Crippen molar-refractivity contribution in [1.82, 2.24) is 24.6 Å². The van der Waals surface area contributed by atoms with Gasteiger partial charge in [0.25, 0.3) is 5.91 Å². The Hall–Kier alpha value is -3.89. The predicted molar refractivity (Wildman–Crippen MR) is 109 cm³/mol. The summed E-state index contributed by atoms with van der Waals surface area (Å²) in [5, 5.41) is 6.18. The van der Waals surface area contributed by atoms with Crippen LogP contribution < -0.4 is 5.32 Å². The Balaban J connectivity index is 1.43. The van der Waals surface area contributed by atoms with E-state index in [2.05, 4.69) is 15.4 Å². The molecule has 0 unspecified atom stereocenters. The van der Waals surface area contributed by atoms with E-state index in [4.69, 9.17) is 0 Å². The van der Waals surface area contributed by atoms with Crippen molar-refractivity contribution in [1.29, 1.82) is 0 Å². The fourth-order valence-corrected chi connectivity index (χ4v) is 3.43. The minimum absolute atomic E-state index is 0.145. The van der Waals surface area contributed by atoms with Gasteiger partial charge in [-0.25, -0.2) is 14.5 Å². The van der Waals surface area contributed by atoms with Gasteiger partial charge in [0.05, 0.1) is 16.9 Å². The first-order valence-electron chi connectivity index (χ1n) is 9.79. The molecule has 166 valence electrons. The zero-order chi connectivity index (χ0) is 22.7. The van der Waals surface area contributed by atoms with E-state index in [1.54, 1.807) is 29.2 Å². The van der Waals surface area contributed by atoms with Crippen LogP contribution in [0.5, 0.6) is 0 Å². The van der Waals surface area contributed by atoms with Crippen molar-refractivity contribution in [2.45, 2.75) is 6.18 Å². The van der Waals surface area contributed by atoms with E-state index < -0.39 is 17.8 Å². The number of urea groups is 1. The summed E-state index contributed by atoms with van der Waals surface area (Å²) in [7, 11) is 0. The lowest BCUT2D eigenvalue weighted by molar-refractivity contribution is -0.136. The van der Waals surface area contributed by atoms with E-state index in [1.165, 1.54) is 34.4 Å². The number of amides is 3. The number of hydrogen-bond donors (Lipinski definition) is 1. The van der Waals surface area contributed by atoms with Crippen LogP contribution >= 0.6 is 0 Å². The molecule has 4 rings (SSSR count). The SMILES string of the molecule is O=C(Nc1ccc(-n2cncn2)cc1C(F)(F)F)N1CCN(C(=O)c2ccccc2)CC1. The van der Waals surface area contributed by atoms with Crippen LogP contribution in [0.1, 0.15) is 15.9 Å². The normalized spacial score (nSPS) is 14.3. The average molecular weight is 444 g/mol. The molecule has 1 saturated heterocycles. The van der Waals surface area contributed by atoms with E-state index in [0.29, 0.717) is 18.7 Å². The second kappa shape index (κ2) is 8.69. The molecular weight excluding hydrogens is 425 g/mol. The number of benzene rings is 2. The van der Waals surface area contributed by atoms with Gasteiger partial charge in [-0.05, 0) is 30.3 Å². The molecule has 1 aliphatic heterocycles. The fraction of sp³-hybridized carbons (Fsp3) is 0.238. The first-order chi connectivity index (χ1) is 15.3. The van der Waals surface area contributed by atoms with Crippen molar-refractivity contribution < 1.29 is 22.8 Å². The Labute approximate surface area is 181 Å². The van der Waals surface area contributed by atoms with Crippen LogP contribution in [0.15, 0.2) is 61.2 Å². The molecule has 0 aliphatic carbocycles. The summed E-state index contributed by atoms with van der Waals surface area (Å²) >= 11 is 0. The number of piperazine rings is 1.